The van der Waals surface area contributed by atoms with Gasteiger partial charge in [-0.05, 0) is 53.1 Å². The van der Waals surface area contributed by atoms with Gasteiger partial charge in [0.1, 0.15) is 0 Å². The maximum Gasteiger partial charge on any atom is 0.252 e. The van der Waals surface area contributed by atoms with Gasteiger partial charge < -0.3 is 5.32 Å². The number of fused-ring (bicyclic) bond motifs is 2. The van der Waals surface area contributed by atoms with E-state index >= 15 is 0 Å². The smallest absolute Gasteiger partial charge is 0.252 e. The molecule has 0 saturated heterocycles. The van der Waals surface area contributed by atoms with Gasteiger partial charge in [0.25, 0.3) is 5.24 Å². The normalized spacial score (nSPS) is 12.0. The summed E-state index contributed by atoms with van der Waals surface area (Å²) in [5, 5.41) is 3.04. The van der Waals surface area contributed by atoms with Crippen LogP contribution in [0, 0.1) is 0 Å². The Morgan fingerprint density at radius 1 is 0.826 bits per heavy atom. The quantitative estimate of drug-likeness (QED) is 0.459. The second-order valence-corrected chi connectivity index (χ2v) is 6.72. The van der Waals surface area contributed by atoms with E-state index in [1.54, 1.807) is 17.8 Å². The molecule has 0 saturated carbocycles. The molecular weight excluding hydrogens is 326 g/mol. The molecule has 1 N–H and O–H groups in total. The standard InChI is InChI=1S/C19H12ClNOS/c20-19(22)14-5-3-4-12(10-14)13-8-9-18-16(11-13)21-15-6-1-2-7-17(15)23-18/h1-11,21H. The van der Waals surface area contributed by atoms with Crippen LogP contribution in [0.1, 0.15) is 10.4 Å². The molecule has 0 atom stereocenters. The molecule has 3 aromatic rings. The van der Waals surface area contributed by atoms with E-state index in [0.29, 0.717) is 5.56 Å². The van der Waals surface area contributed by atoms with Crippen LogP contribution in [0.4, 0.5) is 11.4 Å². The first kappa shape index (κ1) is 14.4. The van der Waals surface area contributed by atoms with Gasteiger partial charge in [-0.25, -0.2) is 0 Å². The molecule has 1 heterocycles. The van der Waals surface area contributed by atoms with Crippen molar-refractivity contribution in [2.75, 3.05) is 5.32 Å². The van der Waals surface area contributed by atoms with Crippen LogP contribution in [-0.4, -0.2) is 5.24 Å². The lowest BCUT2D eigenvalue weighted by molar-refractivity contribution is 0.108. The predicted octanol–water partition coefficient (Wildman–Crippen LogP) is 5.94. The molecule has 0 aromatic heterocycles. The Morgan fingerprint density at radius 3 is 2.48 bits per heavy atom. The van der Waals surface area contributed by atoms with Gasteiger partial charge in [-0.3, -0.25) is 4.79 Å². The maximum atomic E-state index is 11.3. The minimum atomic E-state index is -0.438. The summed E-state index contributed by atoms with van der Waals surface area (Å²) in [6.07, 6.45) is 0. The van der Waals surface area contributed by atoms with Gasteiger partial charge in [-0.1, -0.05) is 48.2 Å². The van der Waals surface area contributed by atoms with Crippen molar-refractivity contribution in [2.24, 2.45) is 0 Å². The largest absolute Gasteiger partial charge is 0.354 e. The number of rotatable bonds is 2. The monoisotopic (exact) mass is 337 g/mol. The zero-order valence-electron chi connectivity index (χ0n) is 12.0. The van der Waals surface area contributed by atoms with Crippen molar-refractivity contribution < 1.29 is 4.79 Å². The molecule has 0 bridgehead atoms. The van der Waals surface area contributed by atoms with Crippen molar-refractivity contribution in [3.63, 3.8) is 0 Å². The molecule has 4 rings (SSSR count). The number of hydrogen-bond acceptors (Lipinski definition) is 3. The summed E-state index contributed by atoms with van der Waals surface area (Å²) >= 11 is 7.34. The fourth-order valence-corrected chi connectivity index (χ4v) is 3.73. The van der Waals surface area contributed by atoms with Crippen molar-refractivity contribution in [2.45, 2.75) is 9.79 Å². The number of hydrogen-bond donors (Lipinski definition) is 1. The van der Waals surface area contributed by atoms with Crippen molar-refractivity contribution in [1.29, 1.82) is 0 Å². The minimum Gasteiger partial charge on any atom is -0.354 e. The molecule has 1 aliphatic rings. The number of para-hydroxylation sites is 1. The average molecular weight is 338 g/mol. The SMILES string of the molecule is O=C(Cl)c1cccc(-c2ccc3c(c2)Nc2ccccc2S3)c1. The zero-order chi connectivity index (χ0) is 15.8. The Balaban J connectivity index is 1.74. The van der Waals surface area contributed by atoms with Gasteiger partial charge in [0.05, 0.1) is 11.4 Å². The third kappa shape index (κ3) is 2.74. The van der Waals surface area contributed by atoms with E-state index in [-0.39, 0.29) is 0 Å². The van der Waals surface area contributed by atoms with Gasteiger partial charge in [-0.2, -0.15) is 0 Å². The van der Waals surface area contributed by atoms with Gasteiger partial charge in [-0.15, -0.1) is 0 Å². The van der Waals surface area contributed by atoms with Crippen LogP contribution < -0.4 is 5.32 Å². The summed E-state index contributed by atoms with van der Waals surface area (Å²) in [5.74, 6) is 0. The summed E-state index contributed by atoms with van der Waals surface area (Å²) < 4.78 is 0. The highest BCUT2D eigenvalue weighted by Gasteiger charge is 2.15. The Bertz CT molecular complexity index is 923. The first-order valence-electron chi connectivity index (χ1n) is 7.19. The van der Waals surface area contributed by atoms with E-state index in [1.165, 1.54) is 9.79 Å². The van der Waals surface area contributed by atoms with Gasteiger partial charge >= 0.3 is 0 Å². The highest BCUT2D eigenvalue weighted by Crippen LogP contribution is 2.45. The van der Waals surface area contributed by atoms with Crippen LogP contribution in [0.15, 0.2) is 76.5 Å². The third-order valence-electron chi connectivity index (χ3n) is 3.78. The minimum absolute atomic E-state index is 0.438. The number of halogens is 1. The molecule has 0 spiro atoms. The number of carbonyl (C=O) groups is 1. The number of nitrogens with one attached hydrogen (secondary N) is 1. The van der Waals surface area contributed by atoms with E-state index in [0.717, 1.165) is 22.5 Å². The van der Waals surface area contributed by atoms with E-state index in [2.05, 4.69) is 35.6 Å². The van der Waals surface area contributed by atoms with Gasteiger partial charge in [0.15, 0.2) is 0 Å². The van der Waals surface area contributed by atoms with Crippen molar-refractivity contribution in [1.82, 2.24) is 0 Å². The predicted molar refractivity (Wildman–Crippen MR) is 95.9 cm³/mol. The lowest BCUT2D eigenvalue weighted by atomic mass is 10.0. The van der Waals surface area contributed by atoms with Crippen molar-refractivity contribution in [3.8, 4) is 11.1 Å². The van der Waals surface area contributed by atoms with Gasteiger partial charge in [0.2, 0.25) is 0 Å². The highest BCUT2D eigenvalue weighted by atomic mass is 35.5. The maximum absolute atomic E-state index is 11.3. The molecule has 0 fully saturated rings. The molecule has 0 amide bonds. The summed E-state index contributed by atoms with van der Waals surface area (Å²) in [6, 6.07) is 21.9. The summed E-state index contributed by atoms with van der Waals surface area (Å²) in [7, 11) is 0. The lowest BCUT2D eigenvalue weighted by Gasteiger charge is -2.21. The Morgan fingerprint density at radius 2 is 1.61 bits per heavy atom. The molecular formula is C19H12ClNOS. The molecule has 2 nitrogen and oxygen atoms in total. The number of benzene rings is 3. The molecule has 23 heavy (non-hydrogen) atoms. The molecule has 3 aromatic carbocycles. The average Bonchev–Trinajstić information content (AvgIpc) is 2.59. The molecule has 4 heteroatoms. The third-order valence-corrected chi connectivity index (χ3v) is 5.15. The first-order valence-corrected chi connectivity index (χ1v) is 8.38. The lowest BCUT2D eigenvalue weighted by Crippen LogP contribution is -1.99. The van der Waals surface area contributed by atoms with E-state index in [1.807, 2.05) is 30.3 Å². The molecule has 0 radical (unpaired) electrons. The van der Waals surface area contributed by atoms with Crippen molar-refractivity contribution >= 4 is 40.0 Å². The summed E-state index contributed by atoms with van der Waals surface area (Å²) in [6.45, 7) is 0. The second kappa shape index (κ2) is 5.76. The van der Waals surface area contributed by atoms with Crippen LogP contribution in [0.2, 0.25) is 0 Å². The van der Waals surface area contributed by atoms with Crippen LogP contribution in [0.5, 0.6) is 0 Å². The van der Waals surface area contributed by atoms with E-state index < -0.39 is 5.24 Å². The van der Waals surface area contributed by atoms with Gasteiger partial charge in [0, 0.05) is 15.4 Å². The van der Waals surface area contributed by atoms with Crippen LogP contribution in [0.25, 0.3) is 11.1 Å². The fourth-order valence-electron chi connectivity index (χ4n) is 2.64. The van der Waals surface area contributed by atoms with Crippen LogP contribution in [-0.2, 0) is 0 Å². The fraction of sp³-hybridized carbons (Fsp3) is 0. The summed E-state index contributed by atoms with van der Waals surface area (Å²) in [4.78, 5) is 13.8. The molecule has 1 aliphatic heterocycles. The van der Waals surface area contributed by atoms with Crippen molar-refractivity contribution in [3.05, 3.63) is 72.3 Å². The Labute approximate surface area is 143 Å². The molecule has 0 aliphatic carbocycles. The highest BCUT2D eigenvalue weighted by molar-refractivity contribution is 7.99. The second-order valence-electron chi connectivity index (χ2n) is 5.29. The van der Waals surface area contributed by atoms with E-state index in [9.17, 15) is 4.79 Å². The van der Waals surface area contributed by atoms with E-state index in [4.69, 9.17) is 11.6 Å². The number of anilines is 2. The summed E-state index contributed by atoms with van der Waals surface area (Å²) in [5.41, 5.74) is 4.73. The van der Waals surface area contributed by atoms with Crippen LogP contribution in [0.3, 0.4) is 0 Å². The molecule has 112 valence electrons. The van der Waals surface area contributed by atoms with Crippen LogP contribution >= 0.6 is 23.4 Å². The molecule has 0 unspecified atom stereocenters. The Hall–Kier alpha value is -2.23. The first-order chi connectivity index (χ1) is 11.2. The topological polar surface area (TPSA) is 29.1 Å². The zero-order valence-corrected chi connectivity index (χ0v) is 13.6. The Kier molecular flexibility index (Phi) is 3.60. The number of carbonyl (C=O) groups excluding carboxylic acids is 1.